The quantitative estimate of drug-likeness (QED) is 0.893. The molecule has 0 saturated heterocycles. The lowest BCUT2D eigenvalue weighted by molar-refractivity contribution is 0.474. The largest absolute Gasteiger partial charge is 0.508 e. The number of nitrogens with zero attached hydrogens (tertiary/aromatic N) is 1. The van der Waals surface area contributed by atoms with Crippen LogP contribution in [0.5, 0.6) is 5.75 Å². The molecule has 0 fully saturated rings. The van der Waals surface area contributed by atoms with Crippen molar-refractivity contribution in [1.29, 1.82) is 0 Å². The summed E-state index contributed by atoms with van der Waals surface area (Å²) in [6.45, 7) is 0. The summed E-state index contributed by atoms with van der Waals surface area (Å²) in [6, 6.07) is 14.4. The second kappa shape index (κ2) is 5.08. The molecule has 0 aromatic heterocycles. The standard InChI is InChI=1S/C17H20N2O/c1-19(2)17-6-4-3-5-16(17)18-15-10-7-12-11-13(20)8-9-14(12)15/h3-6,8-9,11,15,18,20H,7,10H2,1-2H3. The Hall–Kier alpha value is -2.16. The predicted octanol–water partition coefficient (Wildman–Crippen LogP) is 3.56. The number of rotatable bonds is 3. The third kappa shape index (κ3) is 2.31. The van der Waals surface area contributed by atoms with E-state index in [1.54, 1.807) is 6.07 Å². The van der Waals surface area contributed by atoms with E-state index in [9.17, 15) is 5.11 Å². The third-order valence-corrected chi connectivity index (χ3v) is 3.92. The van der Waals surface area contributed by atoms with Crippen LogP contribution >= 0.6 is 0 Å². The second-order valence-corrected chi connectivity index (χ2v) is 5.53. The summed E-state index contributed by atoms with van der Waals surface area (Å²) in [5.74, 6) is 0.359. The Bertz CT molecular complexity index is 622. The number of hydrogen-bond donors (Lipinski definition) is 2. The Labute approximate surface area is 119 Å². The van der Waals surface area contributed by atoms with Crippen molar-refractivity contribution in [2.75, 3.05) is 24.3 Å². The fourth-order valence-electron chi connectivity index (χ4n) is 2.93. The molecule has 2 N–H and O–H groups in total. The first-order valence-electron chi connectivity index (χ1n) is 7.00. The van der Waals surface area contributed by atoms with E-state index in [1.807, 2.05) is 12.1 Å². The lowest BCUT2D eigenvalue weighted by atomic mass is 10.1. The number of fused-ring (bicyclic) bond motifs is 1. The summed E-state index contributed by atoms with van der Waals surface area (Å²) in [7, 11) is 4.11. The minimum absolute atomic E-state index is 0.326. The molecule has 2 aromatic carbocycles. The number of anilines is 2. The highest BCUT2D eigenvalue weighted by molar-refractivity contribution is 5.70. The molecule has 0 heterocycles. The number of para-hydroxylation sites is 2. The Kier molecular flexibility index (Phi) is 3.26. The van der Waals surface area contributed by atoms with E-state index in [1.165, 1.54) is 16.8 Å². The van der Waals surface area contributed by atoms with Crippen LogP contribution in [0, 0.1) is 0 Å². The molecule has 20 heavy (non-hydrogen) atoms. The first-order chi connectivity index (χ1) is 9.65. The molecular weight excluding hydrogens is 248 g/mol. The first kappa shape index (κ1) is 12.9. The second-order valence-electron chi connectivity index (χ2n) is 5.53. The van der Waals surface area contributed by atoms with Crippen LogP contribution in [0.4, 0.5) is 11.4 Å². The Morgan fingerprint density at radius 2 is 1.95 bits per heavy atom. The smallest absolute Gasteiger partial charge is 0.115 e. The maximum absolute atomic E-state index is 9.56. The third-order valence-electron chi connectivity index (χ3n) is 3.92. The van der Waals surface area contributed by atoms with Crippen molar-refractivity contribution in [2.24, 2.45) is 0 Å². The highest BCUT2D eigenvalue weighted by Crippen LogP contribution is 2.37. The van der Waals surface area contributed by atoms with E-state index in [-0.39, 0.29) is 0 Å². The minimum atomic E-state index is 0.326. The Morgan fingerprint density at radius 3 is 2.75 bits per heavy atom. The van der Waals surface area contributed by atoms with Gasteiger partial charge in [-0.2, -0.15) is 0 Å². The van der Waals surface area contributed by atoms with E-state index in [0.29, 0.717) is 11.8 Å². The van der Waals surface area contributed by atoms with Crippen molar-refractivity contribution in [1.82, 2.24) is 0 Å². The summed E-state index contributed by atoms with van der Waals surface area (Å²) in [5, 5.41) is 13.2. The van der Waals surface area contributed by atoms with E-state index in [0.717, 1.165) is 18.5 Å². The first-order valence-corrected chi connectivity index (χ1v) is 7.00. The van der Waals surface area contributed by atoms with Crippen LogP contribution in [-0.2, 0) is 6.42 Å². The fourth-order valence-corrected chi connectivity index (χ4v) is 2.93. The van der Waals surface area contributed by atoms with Gasteiger partial charge in [0.05, 0.1) is 17.4 Å². The van der Waals surface area contributed by atoms with Crippen LogP contribution < -0.4 is 10.2 Å². The molecule has 1 atom stereocenters. The van der Waals surface area contributed by atoms with E-state index >= 15 is 0 Å². The van der Waals surface area contributed by atoms with Crippen molar-refractivity contribution < 1.29 is 5.11 Å². The normalized spacial score (nSPS) is 16.8. The molecule has 1 aliphatic carbocycles. The van der Waals surface area contributed by atoms with Gasteiger partial charge in [0.15, 0.2) is 0 Å². The van der Waals surface area contributed by atoms with Gasteiger partial charge in [-0.3, -0.25) is 0 Å². The molecule has 1 aliphatic rings. The zero-order chi connectivity index (χ0) is 14.1. The number of aryl methyl sites for hydroxylation is 1. The van der Waals surface area contributed by atoms with Crippen molar-refractivity contribution in [3.05, 3.63) is 53.6 Å². The molecule has 0 radical (unpaired) electrons. The van der Waals surface area contributed by atoms with Crippen LogP contribution in [0.1, 0.15) is 23.6 Å². The van der Waals surface area contributed by atoms with Crippen molar-refractivity contribution in [2.45, 2.75) is 18.9 Å². The molecule has 0 aliphatic heterocycles. The average molecular weight is 268 g/mol. The SMILES string of the molecule is CN(C)c1ccccc1NC1CCc2cc(O)ccc21. The van der Waals surface area contributed by atoms with Gasteiger partial charge >= 0.3 is 0 Å². The minimum Gasteiger partial charge on any atom is -0.508 e. The van der Waals surface area contributed by atoms with Crippen molar-refractivity contribution in [3.8, 4) is 5.75 Å². The summed E-state index contributed by atoms with van der Waals surface area (Å²) in [6.07, 6.45) is 2.09. The van der Waals surface area contributed by atoms with Crippen LogP contribution in [-0.4, -0.2) is 19.2 Å². The van der Waals surface area contributed by atoms with E-state index < -0.39 is 0 Å². The molecule has 0 amide bonds. The predicted molar refractivity (Wildman–Crippen MR) is 83.6 cm³/mol. The van der Waals surface area contributed by atoms with Gasteiger partial charge in [0, 0.05) is 14.1 Å². The Balaban J connectivity index is 1.88. The number of benzene rings is 2. The van der Waals surface area contributed by atoms with Crippen LogP contribution in [0.25, 0.3) is 0 Å². The molecule has 0 spiro atoms. The zero-order valence-electron chi connectivity index (χ0n) is 11.9. The highest BCUT2D eigenvalue weighted by Gasteiger charge is 2.23. The molecule has 0 saturated carbocycles. The topological polar surface area (TPSA) is 35.5 Å². The van der Waals surface area contributed by atoms with Gasteiger partial charge in [-0.25, -0.2) is 0 Å². The lowest BCUT2D eigenvalue weighted by Gasteiger charge is -2.22. The maximum atomic E-state index is 9.56. The number of aromatic hydroxyl groups is 1. The fraction of sp³-hybridized carbons (Fsp3) is 0.294. The Morgan fingerprint density at radius 1 is 1.15 bits per heavy atom. The van der Waals surface area contributed by atoms with Gasteiger partial charge in [0.1, 0.15) is 5.75 Å². The van der Waals surface area contributed by atoms with Crippen molar-refractivity contribution >= 4 is 11.4 Å². The lowest BCUT2D eigenvalue weighted by Crippen LogP contribution is -2.14. The number of hydrogen-bond acceptors (Lipinski definition) is 3. The molecule has 2 aromatic rings. The van der Waals surface area contributed by atoms with Crippen LogP contribution in [0.3, 0.4) is 0 Å². The summed E-state index contributed by atoms with van der Waals surface area (Å²) >= 11 is 0. The summed E-state index contributed by atoms with van der Waals surface area (Å²) < 4.78 is 0. The van der Waals surface area contributed by atoms with Gasteiger partial charge in [-0.1, -0.05) is 18.2 Å². The number of nitrogens with one attached hydrogen (secondary N) is 1. The molecular formula is C17H20N2O. The molecule has 3 rings (SSSR count). The number of phenolic OH excluding ortho intramolecular Hbond substituents is 1. The number of phenols is 1. The van der Waals surface area contributed by atoms with Crippen LogP contribution in [0.15, 0.2) is 42.5 Å². The van der Waals surface area contributed by atoms with Crippen LogP contribution in [0.2, 0.25) is 0 Å². The molecule has 3 nitrogen and oxygen atoms in total. The van der Waals surface area contributed by atoms with E-state index in [4.69, 9.17) is 0 Å². The van der Waals surface area contributed by atoms with E-state index in [2.05, 4.69) is 48.6 Å². The average Bonchev–Trinajstić information content (AvgIpc) is 2.81. The molecule has 3 heteroatoms. The van der Waals surface area contributed by atoms with Gasteiger partial charge in [-0.05, 0) is 48.2 Å². The molecule has 104 valence electrons. The monoisotopic (exact) mass is 268 g/mol. The highest BCUT2D eigenvalue weighted by atomic mass is 16.3. The van der Waals surface area contributed by atoms with Gasteiger partial charge in [-0.15, -0.1) is 0 Å². The van der Waals surface area contributed by atoms with Gasteiger partial charge in [0.2, 0.25) is 0 Å². The summed E-state index contributed by atoms with van der Waals surface area (Å²) in [4.78, 5) is 2.12. The molecule has 1 unspecified atom stereocenters. The zero-order valence-corrected chi connectivity index (χ0v) is 11.9. The van der Waals surface area contributed by atoms with Crippen molar-refractivity contribution in [3.63, 3.8) is 0 Å². The van der Waals surface area contributed by atoms with Gasteiger partial charge in [0.25, 0.3) is 0 Å². The molecule has 0 bridgehead atoms. The summed E-state index contributed by atoms with van der Waals surface area (Å²) in [5.41, 5.74) is 4.91. The van der Waals surface area contributed by atoms with Gasteiger partial charge < -0.3 is 15.3 Å². The maximum Gasteiger partial charge on any atom is 0.115 e.